The topological polar surface area (TPSA) is 192 Å². The van der Waals surface area contributed by atoms with E-state index in [2.05, 4.69) is 54.7 Å². The largest absolute Gasteiger partial charge is 0.491 e. The number of aryl methyl sites for hydroxylation is 1. The fourth-order valence-electron chi connectivity index (χ4n) is 9.57. The standard InChI is InChI=1S/C52H65ClN6O8S/c1-31(66-38-20-17-35(18-21-38)45(62)58-48-51(6,7)49(52(48,8)9)67-39-22-19-36(26-54)40(53)25-39)12-10-11-23-65-29-42(61)57-44(50(3,4)5)47(64)59-28-37(60)24-41(59)46(63)55-27-33-13-15-34(16-14-33)43-32(2)56-30-68-43/h13-22,25,30-31,37,41,44,48-49,60H,10-12,23-24,27-29H2,1-9H3,(H,55,63)(H,57,61)(H,58,62)/t31?,37-,41+,44?,48?,49?/m1/s1. The number of carbonyl (C=O) groups excluding carboxylic acids is 4. The summed E-state index contributed by atoms with van der Waals surface area (Å²) in [6.45, 7) is 18.0. The van der Waals surface area contributed by atoms with Crippen molar-refractivity contribution in [3.8, 4) is 28.0 Å². The average molecular weight is 970 g/mol. The maximum Gasteiger partial charge on any atom is 0.251 e. The summed E-state index contributed by atoms with van der Waals surface area (Å²) in [6, 6.07) is 20.0. The van der Waals surface area contributed by atoms with Crippen LogP contribution < -0.4 is 25.4 Å². The molecular weight excluding hydrogens is 904 g/mol. The second-order valence-electron chi connectivity index (χ2n) is 20.2. The molecule has 0 bridgehead atoms. The third-order valence-corrected chi connectivity index (χ3v) is 14.3. The van der Waals surface area contributed by atoms with E-state index in [4.69, 9.17) is 25.8 Å². The highest BCUT2D eigenvalue weighted by Gasteiger charge is 2.64. The molecule has 14 nitrogen and oxygen atoms in total. The first kappa shape index (κ1) is 51.9. The maximum absolute atomic E-state index is 14.0. The molecule has 1 saturated heterocycles. The molecule has 68 heavy (non-hydrogen) atoms. The lowest BCUT2D eigenvalue weighted by Gasteiger charge is -2.63. The Morgan fingerprint density at radius 2 is 1.68 bits per heavy atom. The van der Waals surface area contributed by atoms with Crippen molar-refractivity contribution in [2.45, 2.75) is 131 Å². The number of aromatic nitrogens is 1. The molecule has 1 aliphatic carbocycles. The van der Waals surface area contributed by atoms with Gasteiger partial charge in [-0.3, -0.25) is 19.2 Å². The second-order valence-corrected chi connectivity index (χ2v) is 21.5. The van der Waals surface area contributed by atoms with Gasteiger partial charge in [-0.25, -0.2) is 4.98 Å². The Morgan fingerprint density at radius 3 is 2.29 bits per heavy atom. The quantitative estimate of drug-likeness (QED) is 0.0670. The van der Waals surface area contributed by atoms with Crippen LogP contribution >= 0.6 is 22.9 Å². The van der Waals surface area contributed by atoms with Crippen LogP contribution in [0.2, 0.25) is 5.02 Å². The highest BCUT2D eigenvalue weighted by molar-refractivity contribution is 7.13. The van der Waals surface area contributed by atoms with Gasteiger partial charge in [0, 0.05) is 54.6 Å². The SMILES string of the molecule is Cc1ncsc1-c1ccc(CNC(=O)[C@@H]2C[C@@H](O)CN2C(=O)C(NC(=O)COCCCCC(C)Oc2ccc(C(=O)NC3C(C)(C)C(Oc4ccc(C#N)c(Cl)c4)C3(C)C)cc2)C(C)(C)C)cc1. The lowest BCUT2D eigenvalue weighted by Crippen LogP contribution is -2.74. The Kier molecular flexibility index (Phi) is 16.6. The maximum atomic E-state index is 14.0. The molecule has 364 valence electrons. The van der Waals surface area contributed by atoms with Crippen molar-refractivity contribution in [1.29, 1.82) is 5.26 Å². The van der Waals surface area contributed by atoms with Crippen LogP contribution in [-0.4, -0.2) is 94.8 Å². The molecule has 2 aliphatic rings. The Hall–Kier alpha value is -5.53. The molecule has 1 saturated carbocycles. The molecular formula is C52H65ClN6O8S. The van der Waals surface area contributed by atoms with Crippen molar-refractivity contribution in [3.05, 3.63) is 99.6 Å². The molecule has 2 heterocycles. The van der Waals surface area contributed by atoms with E-state index < -0.39 is 46.2 Å². The van der Waals surface area contributed by atoms with Crippen molar-refractivity contribution >= 4 is 46.6 Å². The minimum absolute atomic E-state index is 0.0146. The number of thiazole rings is 1. The minimum Gasteiger partial charge on any atom is -0.491 e. The van der Waals surface area contributed by atoms with E-state index in [1.807, 2.05) is 64.4 Å². The fourth-order valence-corrected chi connectivity index (χ4v) is 10.6. The first-order valence-electron chi connectivity index (χ1n) is 23.2. The van der Waals surface area contributed by atoms with Gasteiger partial charge in [0.2, 0.25) is 17.7 Å². The highest BCUT2D eigenvalue weighted by Crippen LogP contribution is 2.55. The van der Waals surface area contributed by atoms with Crippen LogP contribution in [0, 0.1) is 34.5 Å². The first-order valence-corrected chi connectivity index (χ1v) is 24.4. The van der Waals surface area contributed by atoms with E-state index in [-0.39, 0.29) is 56.2 Å². The van der Waals surface area contributed by atoms with Gasteiger partial charge in [-0.1, -0.05) is 84.3 Å². The number of aliphatic hydroxyl groups excluding tert-OH is 1. The van der Waals surface area contributed by atoms with Gasteiger partial charge in [-0.15, -0.1) is 11.3 Å². The van der Waals surface area contributed by atoms with Gasteiger partial charge in [0.05, 0.1) is 38.9 Å². The number of benzene rings is 3. The highest BCUT2D eigenvalue weighted by atomic mass is 35.5. The Labute approximate surface area is 409 Å². The molecule has 16 heteroatoms. The Morgan fingerprint density at radius 1 is 1.00 bits per heavy atom. The van der Waals surface area contributed by atoms with E-state index in [0.717, 1.165) is 34.5 Å². The predicted octanol–water partition coefficient (Wildman–Crippen LogP) is 8.02. The Balaban J connectivity index is 0.893. The van der Waals surface area contributed by atoms with Gasteiger partial charge < -0.3 is 40.2 Å². The second kappa shape index (κ2) is 21.8. The summed E-state index contributed by atoms with van der Waals surface area (Å²) in [5.41, 5.74) is 4.12. The zero-order chi connectivity index (χ0) is 49.6. The number of amides is 4. The average Bonchev–Trinajstić information content (AvgIpc) is 3.91. The summed E-state index contributed by atoms with van der Waals surface area (Å²) in [6.07, 6.45) is 1.09. The number of nitrogens with one attached hydrogen (secondary N) is 3. The lowest BCUT2D eigenvalue weighted by molar-refractivity contribution is -0.164. The molecule has 4 atom stereocenters. The van der Waals surface area contributed by atoms with E-state index in [0.29, 0.717) is 40.7 Å². The van der Waals surface area contributed by atoms with E-state index in [1.54, 1.807) is 53.8 Å². The van der Waals surface area contributed by atoms with Gasteiger partial charge in [-0.2, -0.15) is 5.26 Å². The van der Waals surface area contributed by atoms with Gasteiger partial charge in [0.15, 0.2) is 0 Å². The number of aliphatic hydroxyl groups is 1. The smallest absolute Gasteiger partial charge is 0.251 e. The summed E-state index contributed by atoms with van der Waals surface area (Å²) < 4.78 is 18.2. The normalized spacial score (nSPS) is 20.3. The molecule has 6 rings (SSSR count). The zero-order valence-corrected chi connectivity index (χ0v) is 42.1. The molecule has 1 aliphatic heterocycles. The minimum atomic E-state index is -0.957. The van der Waals surface area contributed by atoms with Crippen LogP contribution in [0.5, 0.6) is 11.5 Å². The van der Waals surface area contributed by atoms with Crippen LogP contribution in [0.3, 0.4) is 0 Å². The van der Waals surface area contributed by atoms with Gasteiger partial charge in [0.25, 0.3) is 5.91 Å². The van der Waals surface area contributed by atoms with Crippen LogP contribution in [0.4, 0.5) is 0 Å². The molecule has 0 radical (unpaired) electrons. The number of carbonyl (C=O) groups is 4. The summed E-state index contributed by atoms with van der Waals surface area (Å²) in [7, 11) is 0. The van der Waals surface area contributed by atoms with Crippen LogP contribution in [0.1, 0.15) is 108 Å². The van der Waals surface area contributed by atoms with Crippen LogP contribution in [0.15, 0.2) is 72.2 Å². The molecule has 4 amide bonds. The number of nitriles is 1. The Bertz CT molecular complexity index is 2450. The van der Waals surface area contributed by atoms with E-state index in [1.165, 1.54) is 4.90 Å². The number of likely N-dealkylation sites (tertiary alicyclic amines) is 1. The molecule has 1 aromatic heterocycles. The number of unbranched alkanes of at least 4 members (excludes halogenated alkanes) is 1. The summed E-state index contributed by atoms with van der Waals surface area (Å²) >= 11 is 7.81. The van der Waals surface area contributed by atoms with Crippen molar-refractivity contribution in [3.63, 3.8) is 0 Å². The molecule has 4 aromatic rings. The van der Waals surface area contributed by atoms with Crippen molar-refractivity contribution in [2.24, 2.45) is 16.2 Å². The van der Waals surface area contributed by atoms with Crippen LogP contribution in [0.25, 0.3) is 10.4 Å². The third-order valence-electron chi connectivity index (χ3n) is 13.0. The van der Waals surface area contributed by atoms with Crippen LogP contribution in [-0.2, 0) is 25.7 Å². The fraction of sp³-hybridized carbons (Fsp3) is 0.500. The molecule has 2 unspecified atom stereocenters. The summed E-state index contributed by atoms with van der Waals surface area (Å²) in [4.78, 5) is 60.8. The van der Waals surface area contributed by atoms with Gasteiger partial charge in [0.1, 0.15) is 42.4 Å². The van der Waals surface area contributed by atoms with Gasteiger partial charge in [-0.05, 0) is 86.1 Å². The molecule has 3 aromatic carbocycles. The number of rotatable bonds is 19. The van der Waals surface area contributed by atoms with Gasteiger partial charge >= 0.3 is 0 Å². The number of halogens is 1. The van der Waals surface area contributed by atoms with Crippen molar-refractivity contribution < 1.29 is 38.5 Å². The zero-order valence-electron chi connectivity index (χ0n) is 40.5. The van der Waals surface area contributed by atoms with E-state index in [9.17, 15) is 29.5 Å². The number of β-amino-alcohol motifs (C(OH)–C–C–N with tert-alkyl or cyclic N) is 1. The van der Waals surface area contributed by atoms with Crippen molar-refractivity contribution in [2.75, 3.05) is 19.8 Å². The number of hydrogen-bond donors (Lipinski definition) is 4. The number of hydrogen-bond acceptors (Lipinski definition) is 11. The lowest BCUT2D eigenvalue weighted by atomic mass is 9.49. The number of ether oxygens (including phenoxy) is 3. The predicted molar refractivity (Wildman–Crippen MR) is 262 cm³/mol. The third kappa shape index (κ3) is 12.4. The molecule has 4 N–H and O–H groups in total. The number of nitrogens with zero attached hydrogens (tertiary/aromatic N) is 3. The first-order chi connectivity index (χ1) is 32.1. The summed E-state index contributed by atoms with van der Waals surface area (Å²) in [5.74, 6) is -0.236. The molecule has 0 spiro atoms. The summed E-state index contributed by atoms with van der Waals surface area (Å²) in [5, 5.41) is 29.1. The van der Waals surface area contributed by atoms with E-state index >= 15 is 0 Å². The van der Waals surface area contributed by atoms with Crippen molar-refractivity contribution in [1.82, 2.24) is 25.8 Å². The monoisotopic (exact) mass is 968 g/mol. The molecule has 2 fully saturated rings.